The summed E-state index contributed by atoms with van der Waals surface area (Å²) in [5, 5.41) is 4.48. The molecule has 138 valence electrons. The molecule has 0 amide bonds. The quantitative estimate of drug-likeness (QED) is 0.427. The molecular formula is C19H15ClN2O4S. The van der Waals surface area contributed by atoms with Crippen molar-refractivity contribution in [3.63, 3.8) is 0 Å². The maximum Gasteiger partial charge on any atom is 0.339 e. The lowest BCUT2D eigenvalue weighted by Gasteiger charge is -2.07. The molecule has 0 saturated heterocycles. The van der Waals surface area contributed by atoms with Gasteiger partial charge in [0.05, 0.1) is 11.3 Å². The molecule has 0 aliphatic heterocycles. The maximum atomic E-state index is 12.4. The number of rotatable bonds is 7. The summed E-state index contributed by atoms with van der Waals surface area (Å²) in [6.07, 6.45) is 0. The van der Waals surface area contributed by atoms with Gasteiger partial charge in [-0.05, 0) is 43.3 Å². The minimum atomic E-state index is -0.520. The highest BCUT2D eigenvalue weighted by Crippen LogP contribution is 2.24. The molecular weight excluding hydrogens is 388 g/mol. The van der Waals surface area contributed by atoms with Gasteiger partial charge in [-0.3, -0.25) is 4.79 Å². The van der Waals surface area contributed by atoms with E-state index in [1.165, 1.54) is 18.7 Å². The number of esters is 1. The summed E-state index contributed by atoms with van der Waals surface area (Å²) in [7, 11) is 0. The Morgan fingerprint density at radius 3 is 2.63 bits per heavy atom. The third-order valence-corrected chi connectivity index (χ3v) is 4.90. The fourth-order valence-corrected chi connectivity index (χ4v) is 3.14. The van der Waals surface area contributed by atoms with Crippen molar-refractivity contribution in [1.29, 1.82) is 0 Å². The minimum Gasteiger partial charge on any atom is -0.452 e. The number of carbonyl (C=O) groups excluding carboxylic acids is 2. The average molecular weight is 403 g/mol. The van der Waals surface area contributed by atoms with E-state index in [2.05, 4.69) is 10.1 Å². The second-order valence-corrected chi connectivity index (χ2v) is 7.04. The fourth-order valence-electron chi connectivity index (χ4n) is 2.18. The fraction of sp³-hybridized carbons (Fsp3) is 0.158. The van der Waals surface area contributed by atoms with Gasteiger partial charge in [-0.15, -0.1) is 11.8 Å². The van der Waals surface area contributed by atoms with Crippen molar-refractivity contribution in [2.24, 2.45) is 0 Å². The van der Waals surface area contributed by atoms with Gasteiger partial charge < -0.3 is 9.26 Å². The molecule has 0 radical (unpaired) electrons. The van der Waals surface area contributed by atoms with Gasteiger partial charge in [-0.1, -0.05) is 28.9 Å². The van der Waals surface area contributed by atoms with E-state index in [4.69, 9.17) is 20.9 Å². The molecule has 0 N–H and O–H groups in total. The number of halogens is 1. The molecule has 0 aliphatic rings. The number of thioether (sulfide) groups is 1. The van der Waals surface area contributed by atoms with E-state index in [0.717, 1.165) is 5.56 Å². The lowest BCUT2D eigenvalue weighted by atomic mass is 10.2. The third-order valence-electron chi connectivity index (χ3n) is 3.44. The van der Waals surface area contributed by atoms with Crippen LogP contribution in [0.3, 0.4) is 0 Å². The zero-order valence-corrected chi connectivity index (χ0v) is 15.9. The van der Waals surface area contributed by atoms with Gasteiger partial charge in [0.1, 0.15) is 5.78 Å². The predicted molar refractivity (Wildman–Crippen MR) is 102 cm³/mol. The number of benzene rings is 2. The summed E-state index contributed by atoms with van der Waals surface area (Å²) in [6, 6.07) is 13.9. The van der Waals surface area contributed by atoms with Crippen LogP contribution in [0, 0.1) is 0 Å². The first-order valence-corrected chi connectivity index (χ1v) is 9.36. The Bertz CT molecular complexity index is 956. The van der Waals surface area contributed by atoms with E-state index in [-0.39, 0.29) is 18.3 Å². The predicted octanol–water partition coefficient (Wildman–Crippen LogP) is 4.43. The van der Waals surface area contributed by atoms with E-state index in [1.807, 2.05) is 0 Å². The highest BCUT2D eigenvalue weighted by atomic mass is 35.5. The molecule has 0 atom stereocenters. The zero-order chi connectivity index (χ0) is 19.2. The van der Waals surface area contributed by atoms with Gasteiger partial charge in [0.2, 0.25) is 5.82 Å². The van der Waals surface area contributed by atoms with Crippen molar-refractivity contribution in [3.8, 4) is 11.4 Å². The van der Waals surface area contributed by atoms with Crippen molar-refractivity contribution < 1.29 is 18.8 Å². The lowest BCUT2D eigenvalue weighted by molar-refractivity contribution is -0.114. The minimum absolute atomic E-state index is 0.0313. The largest absolute Gasteiger partial charge is 0.452 e. The number of Topliss-reactive ketones (excluding diaryl/α,β-unsaturated/α-hetero) is 1. The van der Waals surface area contributed by atoms with Gasteiger partial charge in [0.25, 0.3) is 5.89 Å². The molecule has 6 nitrogen and oxygen atoms in total. The van der Waals surface area contributed by atoms with E-state index < -0.39 is 5.97 Å². The van der Waals surface area contributed by atoms with Crippen LogP contribution in [0.2, 0.25) is 5.02 Å². The van der Waals surface area contributed by atoms with E-state index in [9.17, 15) is 9.59 Å². The van der Waals surface area contributed by atoms with Crippen LogP contribution < -0.4 is 0 Å². The van der Waals surface area contributed by atoms with E-state index in [1.54, 1.807) is 48.5 Å². The molecule has 0 spiro atoms. The first kappa shape index (κ1) is 19.1. The number of ether oxygens (including phenoxy) is 1. The SMILES string of the molecule is CC(=O)CSc1ccccc1C(=O)OCc1nc(-c2ccc(Cl)cc2)no1. The van der Waals surface area contributed by atoms with E-state index in [0.29, 0.717) is 27.1 Å². The molecule has 0 saturated carbocycles. The molecule has 1 aromatic heterocycles. The number of carbonyl (C=O) groups is 2. The molecule has 8 heteroatoms. The van der Waals surface area contributed by atoms with Crippen molar-refractivity contribution in [2.75, 3.05) is 5.75 Å². The van der Waals surface area contributed by atoms with Crippen LogP contribution in [-0.2, 0) is 16.1 Å². The number of aromatic nitrogens is 2. The molecule has 2 aromatic carbocycles. The summed E-state index contributed by atoms with van der Waals surface area (Å²) in [5.41, 5.74) is 1.13. The Labute approximate surface area is 164 Å². The topological polar surface area (TPSA) is 82.3 Å². The highest BCUT2D eigenvalue weighted by molar-refractivity contribution is 8.00. The van der Waals surface area contributed by atoms with Crippen molar-refractivity contribution in [2.45, 2.75) is 18.4 Å². The van der Waals surface area contributed by atoms with Crippen molar-refractivity contribution in [1.82, 2.24) is 10.1 Å². The summed E-state index contributed by atoms with van der Waals surface area (Å²) in [4.78, 5) is 28.4. The van der Waals surface area contributed by atoms with E-state index >= 15 is 0 Å². The van der Waals surface area contributed by atoms with Crippen molar-refractivity contribution in [3.05, 3.63) is 65.0 Å². The Kier molecular flexibility index (Phi) is 6.26. The summed E-state index contributed by atoms with van der Waals surface area (Å²) >= 11 is 7.15. The highest BCUT2D eigenvalue weighted by Gasteiger charge is 2.16. The smallest absolute Gasteiger partial charge is 0.339 e. The maximum absolute atomic E-state index is 12.4. The summed E-state index contributed by atoms with van der Waals surface area (Å²) < 4.78 is 10.4. The van der Waals surface area contributed by atoms with Gasteiger partial charge in [0.15, 0.2) is 6.61 Å². The molecule has 27 heavy (non-hydrogen) atoms. The second-order valence-electron chi connectivity index (χ2n) is 5.58. The summed E-state index contributed by atoms with van der Waals surface area (Å²) in [5.74, 6) is 0.368. The van der Waals surface area contributed by atoms with Gasteiger partial charge in [0, 0.05) is 15.5 Å². The Balaban J connectivity index is 1.65. The van der Waals surface area contributed by atoms with Gasteiger partial charge >= 0.3 is 5.97 Å². The standard InChI is InChI=1S/C19H15ClN2O4S/c1-12(23)11-27-16-5-3-2-4-15(16)19(24)25-10-17-21-18(22-26-17)13-6-8-14(20)9-7-13/h2-9H,10-11H2,1H3. The first-order chi connectivity index (χ1) is 13.0. The van der Waals surface area contributed by atoms with Crippen LogP contribution in [0.4, 0.5) is 0 Å². The number of ketones is 1. The number of hydrogen-bond acceptors (Lipinski definition) is 7. The van der Waals surface area contributed by atoms with Crippen LogP contribution in [0.5, 0.6) is 0 Å². The molecule has 0 bridgehead atoms. The molecule has 3 aromatic rings. The van der Waals surface area contributed by atoms with Crippen LogP contribution in [-0.4, -0.2) is 27.6 Å². The second kappa shape index (κ2) is 8.83. The third kappa shape index (κ3) is 5.18. The van der Waals surface area contributed by atoms with Gasteiger partial charge in [-0.2, -0.15) is 4.98 Å². The molecule has 0 aliphatic carbocycles. The van der Waals surface area contributed by atoms with Crippen LogP contribution in [0.15, 0.2) is 57.9 Å². The average Bonchev–Trinajstić information content (AvgIpc) is 3.14. The monoisotopic (exact) mass is 402 g/mol. The molecule has 0 fully saturated rings. The number of nitrogens with zero attached hydrogens (tertiary/aromatic N) is 2. The Morgan fingerprint density at radius 1 is 1.15 bits per heavy atom. The zero-order valence-electron chi connectivity index (χ0n) is 14.3. The Morgan fingerprint density at radius 2 is 1.89 bits per heavy atom. The molecule has 1 heterocycles. The Hall–Kier alpha value is -2.64. The van der Waals surface area contributed by atoms with Crippen LogP contribution in [0.1, 0.15) is 23.2 Å². The molecule has 3 rings (SSSR count). The molecule has 0 unspecified atom stereocenters. The normalized spacial score (nSPS) is 10.6. The number of hydrogen-bond donors (Lipinski definition) is 0. The first-order valence-electron chi connectivity index (χ1n) is 8.00. The van der Waals surface area contributed by atoms with Crippen LogP contribution in [0.25, 0.3) is 11.4 Å². The lowest BCUT2D eigenvalue weighted by Crippen LogP contribution is -2.07. The van der Waals surface area contributed by atoms with Crippen molar-refractivity contribution >= 4 is 35.1 Å². The van der Waals surface area contributed by atoms with Crippen LogP contribution >= 0.6 is 23.4 Å². The summed E-state index contributed by atoms with van der Waals surface area (Å²) in [6.45, 7) is 1.35. The van der Waals surface area contributed by atoms with Gasteiger partial charge in [-0.25, -0.2) is 4.79 Å².